The Morgan fingerprint density at radius 1 is 0.971 bits per heavy atom. The molecule has 0 spiro atoms. The van der Waals surface area contributed by atoms with E-state index in [4.69, 9.17) is 4.74 Å². The third kappa shape index (κ3) is 3.01. The molecule has 0 unspecified atom stereocenters. The Morgan fingerprint density at radius 3 is 2.57 bits per heavy atom. The number of aromatic nitrogens is 3. The highest BCUT2D eigenvalue weighted by Gasteiger charge is 2.35. The van der Waals surface area contributed by atoms with Crippen LogP contribution in [0.2, 0.25) is 0 Å². The van der Waals surface area contributed by atoms with Crippen molar-refractivity contribution in [3.05, 3.63) is 98.3 Å². The van der Waals surface area contributed by atoms with E-state index in [1.807, 2.05) is 61.5 Å². The van der Waals surface area contributed by atoms with E-state index >= 15 is 0 Å². The van der Waals surface area contributed by atoms with Crippen molar-refractivity contribution in [1.82, 2.24) is 13.7 Å². The van der Waals surface area contributed by atoms with Crippen LogP contribution in [-0.4, -0.2) is 25.4 Å². The topological polar surface area (TPSA) is 78.4 Å². The summed E-state index contributed by atoms with van der Waals surface area (Å²) in [5.74, 6) is 0.113. The van der Waals surface area contributed by atoms with E-state index in [1.54, 1.807) is 13.1 Å². The van der Waals surface area contributed by atoms with E-state index in [9.17, 15) is 14.7 Å². The van der Waals surface area contributed by atoms with Crippen molar-refractivity contribution in [3.8, 4) is 17.0 Å². The lowest BCUT2D eigenvalue weighted by atomic mass is 9.96. The molecule has 5 aromatic rings. The van der Waals surface area contributed by atoms with Gasteiger partial charge in [-0.3, -0.25) is 13.9 Å². The Morgan fingerprint density at radius 2 is 1.77 bits per heavy atom. The molecule has 0 radical (unpaired) electrons. The lowest BCUT2D eigenvalue weighted by molar-refractivity contribution is 0.0474. The largest absolute Gasteiger partial charge is 0.508 e. The van der Waals surface area contributed by atoms with Crippen LogP contribution in [0.1, 0.15) is 22.9 Å². The summed E-state index contributed by atoms with van der Waals surface area (Å²) in [5, 5.41) is 13.3. The van der Waals surface area contributed by atoms with Gasteiger partial charge in [-0.05, 0) is 35.4 Å². The van der Waals surface area contributed by atoms with E-state index < -0.39 is 11.8 Å². The van der Waals surface area contributed by atoms with Crippen molar-refractivity contribution in [3.63, 3.8) is 0 Å². The molecule has 3 heterocycles. The number of hydrogen-bond donors (Lipinski definition) is 1. The maximum Gasteiger partial charge on any atom is 0.331 e. The summed E-state index contributed by atoms with van der Waals surface area (Å²) in [4.78, 5) is 26.6. The summed E-state index contributed by atoms with van der Waals surface area (Å²) in [7, 11) is 3.19. The molecule has 0 bridgehead atoms. The van der Waals surface area contributed by atoms with Crippen LogP contribution >= 0.6 is 0 Å². The van der Waals surface area contributed by atoms with Gasteiger partial charge in [-0.25, -0.2) is 4.79 Å². The van der Waals surface area contributed by atoms with Gasteiger partial charge in [-0.1, -0.05) is 54.1 Å². The predicted octanol–water partition coefficient (Wildman–Crippen LogP) is 3.99. The molecule has 2 aromatic heterocycles. The van der Waals surface area contributed by atoms with Crippen LogP contribution in [0.4, 0.5) is 0 Å². The fourth-order valence-electron chi connectivity index (χ4n) is 5.45. The van der Waals surface area contributed by atoms with Crippen molar-refractivity contribution in [1.29, 1.82) is 0 Å². The van der Waals surface area contributed by atoms with Crippen molar-refractivity contribution < 1.29 is 9.84 Å². The van der Waals surface area contributed by atoms with Crippen molar-refractivity contribution in [2.75, 3.05) is 6.61 Å². The second-order valence-electron chi connectivity index (χ2n) is 9.15. The third-order valence-electron chi connectivity index (χ3n) is 7.05. The fourth-order valence-corrected chi connectivity index (χ4v) is 5.45. The molecule has 1 aliphatic heterocycles. The SMILES string of the molecule is Cc1cccc(-c2c3c(=O)n(C)c(=O)n(C)c3c3n2CCO[C@@H]3c2c(O)ccc3ccccc23)c1. The zero-order valence-corrected chi connectivity index (χ0v) is 19.8. The van der Waals surface area contributed by atoms with Gasteiger partial charge in [0.25, 0.3) is 5.56 Å². The molecule has 0 aliphatic carbocycles. The average molecular weight is 468 g/mol. The van der Waals surface area contributed by atoms with Crippen LogP contribution in [0.5, 0.6) is 5.75 Å². The minimum Gasteiger partial charge on any atom is -0.508 e. The number of phenols is 1. The molecule has 1 aliphatic rings. The first kappa shape index (κ1) is 21.4. The molecule has 0 fully saturated rings. The molecule has 0 amide bonds. The Kier molecular flexibility index (Phi) is 4.72. The zero-order valence-electron chi connectivity index (χ0n) is 19.8. The molecule has 0 saturated carbocycles. The van der Waals surface area contributed by atoms with Gasteiger partial charge in [0, 0.05) is 26.2 Å². The first-order valence-electron chi connectivity index (χ1n) is 11.6. The van der Waals surface area contributed by atoms with E-state index in [-0.39, 0.29) is 11.3 Å². The molecule has 1 atom stereocenters. The Labute approximate surface area is 201 Å². The van der Waals surface area contributed by atoms with Gasteiger partial charge in [-0.15, -0.1) is 0 Å². The number of phenolic OH excluding ortho intramolecular Hbond substituents is 1. The number of ether oxygens (including phenoxy) is 1. The van der Waals surface area contributed by atoms with Gasteiger partial charge in [-0.2, -0.15) is 0 Å². The van der Waals surface area contributed by atoms with E-state index in [1.165, 1.54) is 11.6 Å². The van der Waals surface area contributed by atoms with Gasteiger partial charge in [0.2, 0.25) is 0 Å². The molecular formula is C28H25N3O4. The van der Waals surface area contributed by atoms with E-state index in [2.05, 4.69) is 4.57 Å². The Hall–Kier alpha value is -4.10. The lowest BCUT2D eigenvalue weighted by Gasteiger charge is -2.29. The summed E-state index contributed by atoms with van der Waals surface area (Å²) in [6.07, 6.45) is -0.659. The molecule has 1 N–H and O–H groups in total. The third-order valence-corrected chi connectivity index (χ3v) is 7.05. The van der Waals surface area contributed by atoms with Gasteiger partial charge in [0.15, 0.2) is 0 Å². The van der Waals surface area contributed by atoms with Crippen molar-refractivity contribution >= 4 is 21.7 Å². The molecule has 3 aromatic carbocycles. The highest BCUT2D eigenvalue weighted by atomic mass is 16.5. The van der Waals surface area contributed by atoms with Crippen molar-refractivity contribution in [2.24, 2.45) is 14.1 Å². The number of rotatable bonds is 2. The highest BCUT2D eigenvalue weighted by molar-refractivity contribution is 5.97. The smallest absolute Gasteiger partial charge is 0.331 e. The molecule has 7 heteroatoms. The maximum absolute atomic E-state index is 13.6. The monoisotopic (exact) mass is 467 g/mol. The van der Waals surface area contributed by atoms with E-state index in [0.29, 0.717) is 35.3 Å². The number of benzene rings is 3. The first-order chi connectivity index (χ1) is 16.9. The van der Waals surface area contributed by atoms with Crippen LogP contribution in [-0.2, 0) is 25.4 Å². The van der Waals surface area contributed by atoms with Gasteiger partial charge in [0.05, 0.1) is 28.9 Å². The van der Waals surface area contributed by atoms with Crippen LogP contribution < -0.4 is 11.2 Å². The normalized spacial score (nSPS) is 15.6. The van der Waals surface area contributed by atoms with Crippen LogP contribution in [0.3, 0.4) is 0 Å². The quantitative estimate of drug-likeness (QED) is 0.426. The fraction of sp³-hybridized carbons (Fsp3) is 0.214. The standard InChI is InChI=1S/C28H25N3O4/c1-16-7-6-9-18(15-16)23-22-24(29(2)28(34)30(3)27(22)33)25-26(35-14-13-31(23)25)21-19-10-5-4-8-17(19)11-12-20(21)32/h4-12,15,26,32H,13-14H2,1-3H3/t26-/m1/s1. The maximum atomic E-state index is 13.6. The Balaban J connectivity index is 1.80. The molecule has 0 saturated heterocycles. The number of aromatic hydroxyl groups is 1. The summed E-state index contributed by atoms with van der Waals surface area (Å²) in [6, 6.07) is 19.4. The summed E-state index contributed by atoms with van der Waals surface area (Å²) < 4.78 is 11.1. The van der Waals surface area contributed by atoms with E-state index in [0.717, 1.165) is 32.2 Å². The molecule has 35 heavy (non-hydrogen) atoms. The molecule has 176 valence electrons. The number of aryl methyl sites for hydroxylation is 2. The average Bonchev–Trinajstić information content (AvgIpc) is 3.22. The van der Waals surface area contributed by atoms with Gasteiger partial charge < -0.3 is 14.4 Å². The first-order valence-corrected chi connectivity index (χ1v) is 11.6. The summed E-state index contributed by atoms with van der Waals surface area (Å²) in [5.41, 5.74) is 3.86. The van der Waals surface area contributed by atoms with Crippen LogP contribution in [0, 0.1) is 6.92 Å². The number of fused-ring (bicyclic) bond motifs is 4. The highest BCUT2D eigenvalue weighted by Crippen LogP contribution is 2.44. The molecule has 7 nitrogen and oxygen atoms in total. The minimum atomic E-state index is -0.659. The zero-order chi connectivity index (χ0) is 24.4. The van der Waals surface area contributed by atoms with Crippen LogP contribution in [0.25, 0.3) is 32.9 Å². The second-order valence-corrected chi connectivity index (χ2v) is 9.15. The second kappa shape index (κ2) is 7.71. The molecule has 6 rings (SSSR count). The number of nitrogens with zero attached hydrogens (tertiary/aromatic N) is 3. The van der Waals surface area contributed by atoms with Crippen LogP contribution in [0.15, 0.2) is 70.3 Å². The predicted molar refractivity (Wildman–Crippen MR) is 136 cm³/mol. The lowest BCUT2D eigenvalue weighted by Crippen LogP contribution is -2.37. The summed E-state index contributed by atoms with van der Waals surface area (Å²) in [6.45, 7) is 2.93. The Bertz CT molecular complexity index is 1770. The summed E-state index contributed by atoms with van der Waals surface area (Å²) >= 11 is 0. The van der Waals surface area contributed by atoms with Crippen molar-refractivity contribution in [2.45, 2.75) is 19.6 Å². The molecular weight excluding hydrogens is 442 g/mol. The number of hydrogen-bond acceptors (Lipinski definition) is 4. The van der Waals surface area contributed by atoms with Gasteiger partial charge in [0.1, 0.15) is 11.9 Å². The minimum absolute atomic E-state index is 0.113. The van der Waals surface area contributed by atoms with Gasteiger partial charge >= 0.3 is 5.69 Å².